The third-order valence-corrected chi connectivity index (χ3v) is 11.9. The molecule has 2 heteroatoms. The molecule has 8 saturated carbocycles. The van der Waals surface area contributed by atoms with E-state index in [1.807, 2.05) is 6.07 Å². The molecule has 180 valence electrons. The van der Waals surface area contributed by atoms with Gasteiger partial charge in [0.05, 0.1) is 11.2 Å². The van der Waals surface area contributed by atoms with Gasteiger partial charge < -0.3 is 0 Å². The van der Waals surface area contributed by atoms with Crippen LogP contribution in [0.15, 0.2) is 36.4 Å². The molecule has 8 bridgehead atoms. The molecule has 0 N–H and O–H groups in total. The summed E-state index contributed by atoms with van der Waals surface area (Å²) < 4.78 is 16.4. The lowest BCUT2D eigenvalue weighted by atomic mass is 9.47. The third kappa shape index (κ3) is 2.72. The Bertz CT molecular complexity index is 1310. The maximum absolute atomic E-state index is 16.4. The molecule has 3 aromatic rings. The summed E-state index contributed by atoms with van der Waals surface area (Å²) >= 11 is 0. The van der Waals surface area contributed by atoms with Gasteiger partial charge in [0.25, 0.3) is 0 Å². The van der Waals surface area contributed by atoms with Crippen LogP contribution in [0.5, 0.6) is 0 Å². The van der Waals surface area contributed by atoms with E-state index in [1.54, 1.807) is 0 Å². The topological polar surface area (TPSA) is 12.9 Å². The highest BCUT2D eigenvalue weighted by Gasteiger charge is 2.54. The van der Waals surface area contributed by atoms with E-state index in [0.29, 0.717) is 0 Å². The van der Waals surface area contributed by atoms with Gasteiger partial charge in [-0.15, -0.1) is 0 Å². The highest BCUT2D eigenvalue weighted by atomic mass is 19.1. The van der Waals surface area contributed by atoms with Crippen LogP contribution >= 0.6 is 0 Å². The Morgan fingerprint density at radius 1 is 0.600 bits per heavy atom. The molecule has 0 saturated heterocycles. The van der Waals surface area contributed by atoms with Crippen molar-refractivity contribution in [1.82, 2.24) is 4.98 Å². The molecule has 0 amide bonds. The molecule has 0 atom stereocenters. The van der Waals surface area contributed by atoms with Crippen molar-refractivity contribution >= 4 is 21.7 Å². The van der Waals surface area contributed by atoms with Crippen LogP contribution < -0.4 is 0 Å². The van der Waals surface area contributed by atoms with E-state index in [-0.39, 0.29) is 16.6 Å². The van der Waals surface area contributed by atoms with Gasteiger partial charge in [-0.1, -0.05) is 18.2 Å². The predicted molar refractivity (Wildman–Crippen MR) is 139 cm³/mol. The number of hydrogen-bond acceptors (Lipinski definition) is 1. The minimum absolute atomic E-state index is 0.0718. The average Bonchev–Trinajstić information content (AvgIpc) is 2.81. The monoisotopic (exact) mass is 465 g/mol. The Balaban J connectivity index is 1.29. The summed E-state index contributed by atoms with van der Waals surface area (Å²) in [6.07, 6.45) is 15.9. The van der Waals surface area contributed by atoms with E-state index < -0.39 is 0 Å². The molecule has 11 rings (SSSR count). The normalized spacial score (nSPS) is 43.0. The number of rotatable bonds is 2. The van der Waals surface area contributed by atoms with Crippen molar-refractivity contribution in [3.63, 3.8) is 0 Å². The number of fused-ring (bicyclic) bond motifs is 3. The van der Waals surface area contributed by atoms with E-state index >= 15 is 4.39 Å². The molecule has 35 heavy (non-hydrogen) atoms. The molecule has 0 spiro atoms. The number of para-hydroxylation sites is 1. The summed E-state index contributed by atoms with van der Waals surface area (Å²) in [6.45, 7) is 0. The van der Waals surface area contributed by atoms with Gasteiger partial charge in [-0.25, -0.2) is 4.39 Å². The van der Waals surface area contributed by atoms with Gasteiger partial charge in [0.1, 0.15) is 5.82 Å². The van der Waals surface area contributed by atoms with Gasteiger partial charge in [-0.2, -0.15) is 0 Å². The minimum Gasteiger partial charge on any atom is -0.252 e. The van der Waals surface area contributed by atoms with E-state index in [4.69, 9.17) is 4.98 Å². The second kappa shape index (κ2) is 6.67. The van der Waals surface area contributed by atoms with Crippen molar-refractivity contribution in [2.45, 2.75) is 87.9 Å². The van der Waals surface area contributed by atoms with Crippen LogP contribution in [0.25, 0.3) is 21.7 Å². The molecule has 1 heterocycles. The summed E-state index contributed by atoms with van der Waals surface area (Å²) in [4.78, 5) is 5.39. The van der Waals surface area contributed by atoms with Crippen LogP contribution in [-0.4, -0.2) is 4.98 Å². The molecule has 8 aliphatic carbocycles. The molecule has 8 aliphatic rings. The van der Waals surface area contributed by atoms with E-state index in [2.05, 4.69) is 30.3 Å². The molecular weight excluding hydrogens is 429 g/mol. The number of nitrogens with zero attached hydrogens (tertiary/aromatic N) is 1. The lowest BCUT2D eigenvalue weighted by Gasteiger charge is -2.57. The Morgan fingerprint density at radius 2 is 1.11 bits per heavy atom. The first-order valence-corrected chi connectivity index (χ1v) is 14.6. The molecular formula is C33H36FN. The van der Waals surface area contributed by atoms with Gasteiger partial charge >= 0.3 is 0 Å². The predicted octanol–water partition coefficient (Wildman–Crippen LogP) is 8.46. The summed E-state index contributed by atoms with van der Waals surface area (Å²) in [7, 11) is 0. The Hall–Kier alpha value is -1.96. The zero-order valence-corrected chi connectivity index (χ0v) is 20.7. The number of aromatic nitrogens is 1. The first-order valence-electron chi connectivity index (χ1n) is 14.6. The molecule has 1 aromatic heterocycles. The molecule has 0 aliphatic heterocycles. The standard InChI is InChI=1S/C33H36FN/c34-29-12-27-26(11-28(29)32-13-19-5-20(14-32)7-21(6-19)15-32)25-3-1-2-4-30(25)35-31(27)33-16-22-8-23(17-33)10-24(9-22)18-33/h1-4,11-12,19-24H,5-10,13-18H2. The third-order valence-electron chi connectivity index (χ3n) is 11.9. The summed E-state index contributed by atoms with van der Waals surface area (Å²) in [5.74, 6) is 5.14. The second-order valence-corrected chi connectivity index (χ2v) is 14.3. The van der Waals surface area contributed by atoms with Crippen molar-refractivity contribution < 1.29 is 4.39 Å². The van der Waals surface area contributed by atoms with Crippen LogP contribution in [0.3, 0.4) is 0 Å². The maximum Gasteiger partial charge on any atom is 0.127 e. The largest absolute Gasteiger partial charge is 0.252 e. The van der Waals surface area contributed by atoms with Crippen molar-refractivity contribution in [2.75, 3.05) is 0 Å². The van der Waals surface area contributed by atoms with Gasteiger partial charge in [-0.05, 0) is 147 Å². The fourth-order valence-electron chi connectivity index (χ4n) is 11.6. The van der Waals surface area contributed by atoms with Crippen LogP contribution in [0.2, 0.25) is 0 Å². The molecule has 1 nitrogen and oxygen atoms in total. The van der Waals surface area contributed by atoms with E-state index in [9.17, 15) is 0 Å². The van der Waals surface area contributed by atoms with Crippen molar-refractivity contribution in [3.8, 4) is 0 Å². The summed E-state index contributed by atoms with van der Waals surface area (Å²) in [6, 6.07) is 13.0. The number of halogens is 1. The summed E-state index contributed by atoms with van der Waals surface area (Å²) in [5, 5.41) is 3.65. The number of pyridine rings is 1. The summed E-state index contributed by atoms with van der Waals surface area (Å²) in [5.41, 5.74) is 3.68. The Morgan fingerprint density at radius 3 is 1.69 bits per heavy atom. The van der Waals surface area contributed by atoms with Crippen LogP contribution in [0, 0.1) is 41.3 Å². The average molecular weight is 466 g/mol. The SMILES string of the molecule is Fc1cc2c(C34CC5CC(CC(C5)C3)C4)nc3ccccc3c2cc1C12CC3CC(CC(C3)C1)C2. The smallest absolute Gasteiger partial charge is 0.127 e. The second-order valence-electron chi connectivity index (χ2n) is 14.3. The van der Waals surface area contributed by atoms with Crippen molar-refractivity contribution in [2.24, 2.45) is 35.5 Å². The van der Waals surface area contributed by atoms with Gasteiger partial charge in [0.15, 0.2) is 0 Å². The Kier molecular flexibility index (Phi) is 3.84. The lowest BCUT2D eigenvalue weighted by molar-refractivity contribution is -0.00682. The maximum atomic E-state index is 16.4. The van der Waals surface area contributed by atoms with Crippen molar-refractivity contribution in [1.29, 1.82) is 0 Å². The zero-order valence-electron chi connectivity index (χ0n) is 20.7. The van der Waals surface area contributed by atoms with E-state index in [0.717, 1.165) is 52.0 Å². The fraction of sp³-hybridized carbons (Fsp3) is 0.606. The quantitative estimate of drug-likeness (QED) is 0.346. The Labute approximate surface area is 207 Å². The van der Waals surface area contributed by atoms with Crippen LogP contribution in [0.1, 0.15) is 88.3 Å². The first kappa shape index (κ1) is 20.1. The van der Waals surface area contributed by atoms with Crippen molar-refractivity contribution in [3.05, 3.63) is 53.5 Å². The lowest BCUT2D eigenvalue weighted by Crippen LogP contribution is -2.49. The fourth-order valence-corrected chi connectivity index (χ4v) is 11.6. The molecule has 2 aromatic carbocycles. The highest BCUT2D eigenvalue weighted by molar-refractivity contribution is 6.07. The van der Waals surface area contributed by atoms with Crippen LogP contribution in [0.4, 0.5) is 4.39 Å². The zero-order chi connectivity index (χ0) is 22.9. The van der Waals surface area contributed by atoms with Gasteiger partial charge in [0, 0.05) is 16.2 Å². The van der Waals surface area contributed by atoms with Gasteiger partial charge in [0.2, 0.25) is 0 Å². The minimum atomic E-state index is 0.0718. The molecule has 8 fully saturated rings. The highest BCUT2D eigenvalue weighted by Crippen LogP contribution is 2.63. The molecule has 0 unspecified atom stereocenters. The number of benzene rings is 2. The molecule has 0 radical (unpaired) electrons. The van der Waals surface area contributed by atoms with Crippen LogP contribution in [-0.2, 0) is 10.8 Å². The van der Waals surface area contributed by atoms with Gasteiger partial charge in [-0.3, -0.25) is 4.98 Å². The van der Waals surface area contributed by atoms with E-state index in [1.165, 1.54) is 93.5 Å². The number of hydrogen-bond donors (Lipinski definition) is 0. The first-order chi connectivity index (χ1) is 17.1.